The molecular formula is C25H33ClN2O4S. The van der Waals surface area contributed by atoms with E-state index in [1.165, 1.54) is 27.6 Å². The maximum Gasteiger partial charge on any atom is 0.243 e. The third kappa shape index (κ3) is 5.70. The molecule has 1 aliphatic heterocycles. The van der Waals surface area contributed by atoms with Gasteiger partial charge in [-0.2, -0.15) is 4.31 Å². The van der Waals surface area contributed by atoms with Crippen LogP contribution in [0.4, 0.5) is 0 Å². The maximum atomic E-state index is 13.1. The summed E-state index contributed by atoms with van der Waals surface area (Å²) in [5.74, 6) is 0.220. The summed E-state index contributed by atoms with van der Waals surface area (Å²) < 4.78 is 33.0. The van der Waals surface area contributed by atoms with Crippen molar-refractivity contribution in [3.63, 3.8) is 0 Å². The molecule has 2 aromatic carbocycles. The van der Waals surface area contributed by atoms with Gasteiger partial charge in [-0.1, -0.05) is 23.7 Å². The molecule has 1 aliphatic rings. The number of carbonyl (C=O) groups is 1. The van der Waals surface area contributed by atoms with E-state index in [2.05, 4.69) is 38.2 Å². The minimum atomic E-state index is -3.68. The predicted molar refractivity (Wildman–Crippen MR) is 131 cm³/mol. The molecule has 0 unspecified atom stereocenters. The monoisotopic (exact) mass is 492 g/mol. The summed E-state index contributed by atoms with van der Waals surface area (Å²) in [6, 6.07) is 8.68. The lowest BCUT2D eigenvalue weighted by Crippen LogP contribution is -2.43. The first-order valence-electron chi connectivity index (χ1n) is 11.3. The molecule has 2 aromatic rings. The number of nitrogens with one attached hydrogen (secondary N) is 1. The standard InChI is InChI=1S/C25H33ClN2O4S/c1-6-32-24-8-7-21(15-23(24)26)33(30,31)28-11-9-20(10-12-28)25(29)27-19(5)22-14-17(3)16(2)13-18(22)4/h7-8,13-15,19-20H,6,9-12H2,1-5H3,(H,27,29)/t19-/m1/s1. The van der Waals surface area contributed by atoms with Crippen molar-refractivity contribution in [2.75, 3.05) is 19.7 Å². The quantitative estimate of drug-likeness (QED) is 0.593. The number of rotatable bonds is 7. The van der Waals surface area contributed by atoms with Crippen LogP contribution in [0, 0.1) is 26.7 Å². The Morgan fingerprint density at radius 2 is 1.76 bits per heavy atom. The molecule has 180 valence electrons. The van der Waals surface area contributed by atoms with E-state index in [0.29, 0.717) is 38.3 Å². The molecule has 0 saturated carbocycles. The van der Waals surface area contributed by atoms with Crippen molar-refractivity contribution in [2.45, 2.75) is 58.4 Å². The molecule has 1 atom stereocenters. The van der Waals surface area contributed by atoms with Gasteiger partial charge in [-0.25, -0.2) is 8.42 Å². The van der Waals surface area contributed by atoms with Gasteiger partial charge in [0.1, 0.15) is 5.75 Å². The third-order valence-electron chi connectivity index (χ3n) is 6.37. The summed E-state index contributed by atoms with van der Waals surface area (Å²) in [6.45, 7) is 11.1. The van der Waals surface area contributed by atoms with E-state index < -0.39 is 10.0 Å². The van der Waals surface area contributed by atoms with Crippen LogP contribution in [-0.4, -0.2) is 38.3 Å². The molecule has 8 heteroatoms. The van der Waals surface area contributed by atoms with Crippen molar-refractivity contribution in [3.8, 4) is 5.75 Å². The molecule has 1 N–H and O–H groups in total. The van der Waals surface area contributed by atoms with Crippen LogP contribution < -0.4 is 10.1 Å². The largest absolute Gasteiger partial charge is 0.492 e. The van der Waals surface area contributed by atoms with Crippen LogP contribution in [0.15, 0.2) is 35.2 Å². The first kappa shape index (κ1) is 25.5. The number of piperidine rings is 1. The van der Waals surface area contributed by atoms with Gasteiger partial charge in [0.15, 0.2) is 0 Å². The van der Waals surface area contributed by atoms with Crippen molar-refractivity contribution in [1.82, 2.24) is 9.62 Å². The molecule has 1 amide bonds. The van der Waals surface area contributed by atoms with Gasteiger partial charge in [-0.3, -0.25) is 4.79 Å². The fraction of sp³-hybridized carbons (Fsp3) is 0.480. The van der Waals surface area contributed by atoms with E-state index in [9.17, 15) is 13.2 Å². The topological polar surface area (TPSA) is 75.7 Å². The lowest BCUT2D eigenvalue weighted by atomic mass is 9.94. The highest BCUT2D eigenvalue weighted by Gasteiger charge is 2.33. The second-order valence-corrected chi connectivity index (χ2v) is 11.1. The van der Waals surface area contributed by atoms with Crippen molar-refractivity contribution < 1.29 is 17.9 Å². The fourth-order valence-electron chi connectivity index (χ4n) is 4.28. The van der Waals surface area contributed by atoms with E-state index in [1.807, 2.05) is 13.8 Å². The average Bonchev–Trinajstić information content (AvgIpc) is 2.77. The second kappa shape index (κ2) is 10.5. The molecule has 1 heterocycles. The Bertz CT molecular complexity index is 1130. The highest BCUT2D eigenvalue weighted by Crippen LogP contribution is 2.31. The summed E-state index contributed by atoms with van der Waals surface area (Å²) in [4.78, 5) is 13.0. The van der Waals surface area contributed by atoms with Crippen molar-refractivity contribution in [2.24, 2.45) is 5.92 Å². The zero-order chi connectivity index (χ0) is 24.3. The summed E-state index contributed by atoms with van der Waals surface area (Å²) >= 11 is 6.19. The Morgan fingerprint density at radius 1 is 1.12 bits per heavy atom. The minimum absolute atomic E-state index is 0.0266. The van der Waals surface area contributed by atoms with Gasteiger partial charge in [0.25, 0.3) is 0 Å². The van der Waals surface area contributed by atoms with Crippen molar-refractivity contribution in [3.05, 3.63) is 57.6 Å². The lowest BCUT2D eigenvalue weighted by Gasteiger charge is -2.31. The first-order valence-corrected chi connectivity index (χ1v) is 13.2. The van der Waals surface area contributed by atoms with Crippen molar-refractivity contribution >= 4 is 27.5 Å². The molecule has 0 aromatic heterocycles. The van der Waals surface area contributed by atoms with Crippen LogP contribution in [0.25, 0.3) is 0 Å². The number of benzene rings is 2. The number of nitrogens with zero attached hydrogens (tertiary/aromatic N) is 1. The predicted octanol–water partition coefficient (Wildman–Crippen LogP) is 4.94. The van der Waals surface area contributed by atoms with Crippen LogP contribution in [-0.2, 0) is 14.8 Å². The maximum absolute atomic E-state index is 13.1. The first-order chi connectivity index (χ1) is 15.5. The number of ether oxygens (including phenoxy) is 1. The Morgan fingerprint density at radius 3 is 2.36 bits per heavy atom. The highest BCUT2D eigenvalue weighted by atomic mass is 35.5. The molecule has 33 heavy (non-hydrogen) atoms. The molecule has 6 nitrogen and oxygen atoms in total. The number of sulfonamides is 1. The van der Waals surface area contributed by atoms with Gasteiger partial charge >= 0.3 is 0 Å². The number of amides is 1. The number of hydrogen-bond acceptors (Lipinski definition) is 4. The Labute approximate surface area is 202 Å². The SMILES string of the molecule is CCOc1ccc(S(=O)(=O)N2CCC(C(=O)N[C@H](C)c3cc(C)c(C)cc3C)CC2)cc1Cl. The molecule has 0 bridgehead atoms. The Kier molecular flexibility index (Phi) is 8.08. The number of halogens is 1. The van der Waals surface area contributed by atoms with Crippen molar-refractivity contribution in [1.29, 1.82) is 0 Å². The zero-order valence-electron chi connectivity index (χ0n) is 19.9. The van der Waals surface area contributed by atoms with E-state index in [-0.39, 0.29) is 27.8 Å². The number of aryl methyl sites for hydroxylation is 3. The van der Waals surface area contributed by atoms with Crippen LogP contribution >= 0.6 is 11.6 Å². The molecule has 1 saturated heterocycles. The molecule has 3 rings (SSSR count). The summed E-state index contributed by atoms with van der Waals surface area (Å²) in [5, 5.41) is 3.39. The zero-order valence-corrected chi connectivity index (χ0v) is 21.5. The summed E-state index contributed by atoms with van der Waals surface area (Å²) in [6.07, 6.45) is 0.961. The summed E-state index contributed by atoms with van der Waals surface area (Å²) in [7, 11) is -3.68. The fourth-order valence-corrected chi connectivity index (χ4v) is 6.08. The van der Waals surface area contributed by atoms with Gasteiger partial charge in [0.05, 0.1) is 22.6 Å². The Balaban J connectivity index is 1.62. The molecule has 0 aliphatic carbocycles. The number of hydrogen-bond donors (Lipinski definition) is 1. The van der Waals surface area contributed by atoms with Gasteiger partial charge in [-0.05, 0) is 87.9 Å². The normalized spacial score (nSPS) is 16.4. The second-order valence-electron chi connectivity index (χ2n) is 8.73. The van der Waals surface area contributed by atoms with Gasteiger partial charge in [0, 0.05) is 19.0 Å². The van der Waals surface area contributed by atoms with Crippen LogP contribution in [0.1, 0.15) is 55.0 Å². The van der Waals surface area contributed by atoms with Crippen LogP contribution in [0.2, 0.25) is 5.02 Å². The van der Waals surface area contributed by atoms with Gasteiger partial charge < -0.3 is 10.1 Å². The van der Waals surface area contributed by atoms with E-state index in [0.717, 1.165) is 11.1 Å². The van der Waals surface area contributed by atoms with E-state index >= 15 is 0 Å². The average molecular weight is 493 g/mol. The molecule has 1 fully saturated rings. The molecule has 0 spiro atoms. The minimum Gasteiger partial charge on any atom is -0.492 e. The lowest BCUT2D eigenvalue weighted by molar-refractivity contribution is -0.126. The van der Waals surface area contributed by atoms with Gasteiger partial charge in [0.2, 0.25) is 15.9 Å². The smallest absolute Gasteiger partial charge is 0.243 e. The van der Waals surface area contributed by atoms with E-state index in [4.69, 9.17) is 16.3 Å². The number of carbonyl (C=O) groups excluding carboxylic acids is 1. The van der Waals surface area contributed by atoms with Crippen LogP contribution in [0.3, 0.4) is 0 Å². The highest BCUT2D eigenvalue weighted by molar-refractivity contribution is 7.89. The third-order valence-corrected chi connectivity index (χ3v) is 8.56. The Hall–Kier alpha value is -2.09. The van der Waals surface area contributed by atoms with Crippen LogP contribution in [0.5, 0.6) is 5.75 Å². The van der Waals surface area contributed by atoms with Gasteiger partial charge in [-0.15, -0.1) is 0 Å². The summed E-state index contributed by atoms with van der Waals surface area (Å²) in [5.41, 5.74) is 4.70. The molecule has 0 radical (unpaired) electrons. The van der Waals surface area contributed by atoms with E-state index in [1.54, 1.807) is 6.07 Å². The molecular weight excluding hydrogens is 460 g/mol.